The Balaban J connectivity index is 1.54. The summed E-state index contributed by atoms with van der Waals surface area (Å²) in [6, 6.07) is 11.6. The number of hydrogen-bond donors (Lipinski definition) is 1. The first-order valence-electron chi connectivity index (χ1n) is 8.50. The molecule has 1 atom stereocenters. The number of rotatable bonds is 3. The molecule has 1 unspecified atom stereocenters. The fourth-order valence-corrected chi connectivity index (χ4v) is 4.52. The van der Waals surface area contributed by atoms with Crippen molar-refractivity contribution in [1.29, 1.82) is 0 Å². The fourth-order valence-electron chi connectivity index (χ4n) is 3.82. The van der Waals surface area contributed by atoms with Crippen LogP contribution in [0, 0.1) is 25.9 Å². The van der Waals surface area contributed by atoms with Crippen molar-refractivity contribution in [3.8, 4) is 0 Å². The molecule has 2 aliphatic carbocycles. The van der Waals surface area contributed by atoms with E-state index in [0.717, 1.165) is 5.56 Å². The first-order chi connectivity index (χ1) is 13.0. The van der Waals surface area contributed by atoms with E-state index in [2.05, 4.69) is 35.3 Å². The Morgan fingerprint density at radius 1 is 1.15 bits per heavy atom. The molecular formula is C21H13F2IN2S. The lowest BCUT2D eigenvalue weighted by Crippen LogP contribution is -2.25. The van der Waals surface area contributed by atoms with Gasteiger partial charge < -0.3 is 9.55 Å². The third-order valence-corrected chi connectivity index (χ3v) is 6.52. The van der Waals surface area contributed by atoms with Crippen molar-refractivity contribution in [2.75, 3.05) is 0 Å². The van der Waals surface area contributed by atoms with E-state index in [0.29, 0.717) is 16.8 Å². The Kier molecular flexibility index (Phi) is 3.94. The second-order valence-electron chi connectivity index (χ2n) is 6.69. The highest BCUT2D eigenvalue weighted by molar-refractivity contribution is 14.1. The number of halogens is 3. The van der Waals surface area contributed by atoms with Gasteiger partial charge in [0.1, 0.15) is 11.3 Å². The minimum absolute atomic E-state index is 0.0243. The van der Waals surface area contributed by atoms with Crippen molar-refractivity contribution in [2.24, 2.45) is 5.92 Å². The summed E-state index contributed by atoms with van der Waals surface area (Å²) in [6.07, 6.45) is 6.42. The van der Waals surface area contributed by atoms with E-state index in [1.54, 1.807) is 27.2 Å². The number of hydrogen-bond acceptors (Lipinski definition) is 1. The highest BCUT2D eigenvalue weighted by Crippen LogP contribution is 2.46. The quantitative estimate of drug-likeness (QED) is 0.265. The van der Waals surface area contributed by atoms with Crippen LogP contribution in [0.3, 0.4) is 0 Å². The average molecular weight is 490 g/mol. The molecule has 27 heavy (non-hydrogen) atoms. The van der Waals surface area contributed by atoms with Gasteiger partial charge in [-0.3, -0.25) is 0 Å². The molecule has 2 nitrogen and oxygen atoms in total. The number of fused-ring (bicyclic) bond motifs is 3. The third kappa shape index (κ3) is 2.57. The maximum atomic E-state index is 14.4. The summed E-state index contributed by atoms with van der Waals surface area (Å²) >= 11 is 7.08. The Morgan fingerprint density at radius 2 is 1.93 bits per heavy atom. The summed E-state index contributed by atoms with van der Waals surface area (Å²) in [4.78, 5) is 2.90. The molecule has 0 fully saturated rings. The lowest BCUT2D eigenvalue weighted by atomic mass is 9.70. The number of H-pyrrole nitrogens is 1. The SMILES string of the molecule is Fc1cc2c([nH]c(=S)n2CC2c3ccc(-c4ccccc4)c2c3)c(F)c1I. The number of nitrogens with one attached hydrogen (secondary N) is 1. The van der Waals surface area contributed by atoms with Crippen LogP contribution in [-0.2, 0) is 6.54 Å². The molecular weight excluding hydrogens is 477 g/mol. The number of aromatic amines is 1. The fraction of sp³-hybridized carbons (Fsp3) is 0.0952. The topological polar surface area (TPSA) is 20.7 Å². The second-order valence-corrected chi connectivity index (χ2v) is 8.15. The summed E-state index contributed by atoms with van der Waals surface area (Å²) in [5.41, 5.74) is 5.53. The highest BCUT2D eigenvalue weighted by atomic mass is 127. The van der Waals surface area contributed by atoms with Gasteiger partial charge in [0.05, 0.1) is 9.09 Å². The normalized spacial score (nSPS) is 18.0. The minimum atomic E-state index is -0.590. The highest BCUT2D eigenvalue weighted by Gasteiger charge is 2.33. The van der Waals surface area contributed by atoms with Crippen molar-refractivity contribution in [3.63, 3.8) is 0 Å². The van der Waals surface area contributed by atoms with Crippen molar-refractivity contribution in [1.82, 2.24) is 9.55 Å². The summed E-state index contributed by atoms with van der Waals surface area (Å²) in [7, 11) is 0. The first kappa shape index (κ1) is 17.1. The molecule has 1 N–H and O–H groups in total. The number of allylic oxidation sites excluding steroid dienone is 6. The van der Waals surface area contributed by atoms with Gasteiger partial charge in [0.2, 0.25) is 0 Å². The Labute approximate surface area is 173 Å². The van der Waals surface area contributed by atoms with Crippen LogP contribution in [0.1, 0.15) is 5.56 Å². The number of nitrogens with zero attached hydrogens (tertiary/aromatic N) is 1. The van der Waals surface area contributed by atoms with E-state index in [9.17, 15) is 8.78 Å². The summed E-state index contributed by atoms with van der Waals surface area (Å²) in [5.74, 6) is -0.991. The van der Waals surface area contributed by atoms with E-state index >= 15 is 0 Å². The molecule has 0 saturated carbocycles. The number of aromatic nitrogens is 2. The van der Waals surface area contributed by atoms with Crippen LogP contribution < -0.4 is 0 Å². The zero-order valence-corrected chi connectivity index (χ0v) is 16.9. The molecule has 0 saturated heterocycles. The second kappa shape index (κ2) is 6.24. The first-order valence-corrected chi connectivity index (χ1v) is 9.98. The van der Waals surface area contributed by atoms with Crippen LogP contribution in [0.25, 0.3) is 16.6 Å². The molecule has 2 aromatic carbocycles. The van der Waals surface area contributed by atoms with Crippen molar-refractivity contribution >= 4 is 51.4 Å². The van der Waals surface area contributed by atoms with Gasteiger partial charge in [0, 0.05) is 18.5 Å². The van der Waals surface area contributed by atoms with Crippen LogP contribution in [0.2, 0.25) is 0 Å². The third-order valence-electron chi connectivity index (χ3n) is 5.21. The molecule has 0 radical (unpaired) electrons. The predicted molar refractivity (Wildman–Crippen MR) is 114 cm³/mol. The van der Waals surface area contributed by atoms with Gasteiger partial charge in [0.15, 0.2) is 10.6 Å². The molecule has 134 valence electrons. The monoisotopic (exact) mass is 490 g/mol. The number of imidazole rings is 1. The molecule has 2 aliphatic rings. The van der Waals surface area contributed by atoms with Gasteiger partial charge in [-0.2, -0.15) is 0 Å². The minimum Gasteiger partial charge on any atom is -0.328 e. The summed E-state index contributed by atoms with van der Waals surface area (Å²) < 4.78 is 30.7. The van der Waals surface area contributed by atoms with Crippen LogP contribution in [-0.4, -0.2) is 9.55 Å². The average Bonchev–Trinajstić information content (AvgIpc) is 3.00. The number of benzene rings is 2. The largest absolute Gasteiger partial charge is 0.328 e. The summed E-state index contributed by atoms with van der Waals surface area (Å²) in [5, 5.41) is 0. The molecule has 0 amide bonds. The van der Waals surface area contributed by atoms with Gasteiger partial charge in [-0.25, -0.2) is 8.78 Å². The molecule has 1 heterocycles. The molecule has 5 rings (SSSR count). The maximum absolute atomic E-state index is 14.4. The standard InChI is InChI=1S/C21H13F2IN2S/c22-16-9-17-20(18(23)19(16)24)25-21(27)26(17)10-15-12-6-7-13(14(15)8-12)11-4-2-1-3-5-11/h1-9,15H,10H2,(H,25,27). The van der Waals surface area contributed by atoms with Gasteiger partial charge in [-0.15, -0.1) is 0 Å². The zero-order valence-electron chi connectivity index (χ0n) is 14.0. The molecule has 3 aromatic rings. The van der Waals surface area contributed by atoms with Crippen LogP contribution >= 0.6 is 34.8 Å². The molecule has 2 bridgehead atoms. The van der Waals surface area contributed by atoms with Crippen LogP contribution in [0.5, 0.6) is 0 Å². The van der Waals surface area contributed by atoms with E-state index in [4.69, 9.17) is 12.2 Å². The molecule has 0 spiro atoms. The van der Waals surface area contributed by atoms with Crippen molar-refractivity contribution in [2.45, 2.75) is 6.54 Å². The molecule has 6 heteroatoms. The van der Waals surface area contributed by atoms with Gasteiger partial charge in [-0.1, -0.05) is 48.6 Å². The van der Waals surface area contributed by atoms with Gasteiger partial charge >= 0.3 is 0 Å². The lowest BCUT2D eigenvalue weighted by molar-refractivity contribution is 0.560. The maximum Gasteiger partial charge on any atom is 0.178 e. The smallest absolute Gasteiger partial charge is 0.178 e. The van der Waals surface area contributed by atoms with E-state index < -0.39 is 11.6 Å². The van der Waals surface area contributed by atoms with E-state index in [-0.39, 0.29) is 15.0 Å². The molecule has 0 aliphatic heterocycles. The van der Waals surface area contributed by atoms with Crippen molar-refractivity contribution in [3.05, 3.63) is 91.3 Å². The zero-order chi connectivity index (χ0) is 18.7. The summed E-state index contributed by atoms with van der Waals surface area (Å²) in [6.45, 7) is 0.556. The Morgan fingerprint density at radius 3 is 2.67 bits per heavy atom. The van der Waals surface area contributed by atoms with E-state index in [1.165, 1.54) is 22.8 Å². The molecule has 1 aromatic heterocycles. The Hall–Kier alpha value is -2.06. The van der Waals surface area contributed by atoms with E-state index in [1.807, 2.05) is 18.2 Å². The Bertz CT molecular complexity index is 1250. The van der Waals surface area contributed by atoms with Crippen molar-refractivity contribution < 1.29 is 8.78 Å². The van der Waals surface area contributed by atoms with Gasteiger partial charge in [0.25, 0.3) is 0 Å². The predicted octanol–water partition coefficient (Wildman–Crippen LogP) is 6.16. The lowest BCUT2D eigenvalue weighted by Gasteiger charge is -2.35. The van der Waals surface area contributed by atoms with Gasteiger partial charge in [-0.05, 0) is 57.1 Å². The van der Waals surface area contributed by atoms with Crippen LogP contribution in [0.15, 0.2) is 65.8 Å². The van der Waals surface area contributed by atoms with Crippen LogP contribution in [0.4, 0.5) is 8.78 Å².